The summed E-state index contributed by atoms with van der Waals surface area (Å²) in [6.07, 6.45) is 0. The number of aliphatic hydroxyl groups is 1. The van der Waals surface area contributed by atoms with E-state index in [9.17, 15) is 23.5 Å². The summed E-state index contributed by atoms with van der Waals surface area (Å²) in [6, 6.07) is 14.4. The van der Waals surface area contributed by atoms with E-state index < -0.39 is 29.4 Å². The zero-order chi connectivity index (χ0) is 24.1. The lowest BCUT2D eigenvalue weighted by molar-refractivity contribution is -0.132. The quantitative estimate of drug-likeness (QED) is 0.209. The zero-order valence-electron chi connectivity index (χ0n) is 17.6. The Balaban J connectivity index is 1.75. The lowest BCUT2D eigenvalue weighted by Gasteiger charge is -2.23. The summed E-state index contributed by atoms with van der Waals surface area (Å²) in [5.41, 5.74) is 1.74. The fourth-order valence-corrected chi connectivity index (χ4v) is 5.18. The molecule has 0 saturated carbocycles. The molecule has 170 valence electrons. The summed E-state index contributed by atoms with van der Waals surface area (Å²) in [4.78, 5) is 31.9. The van der Waals surface area contributed by atoms with Gasteiger partial charge in [-0.3, -0.25) is 14.5 Å². The second-order valence-electron chi connectivity index (χ2n) is 7.82. The highest BCUT2D eigenvalue weighted by Crippen LogP contribution is 2.44. The van der Waals surface area contributed by atoms with Crippen molar-refractivity contribution in [3.8, 4) is 0 Å². The maximum atomic E-state index is 13.8. The van der Waals surface area contributed by atoms with Crippen molar-refractivity contribution in [2.75, 3.05) is 4.90 Å². The lowest BCUT2D eigenvalue weighted by atomic mass is 9.94. The van der Waals surface area contributed by atoms with Crippen LogP contribution in [0.1, 0.15) is 22.7 Å². The third kappa shape index (κ3) is 3.65. The van der Waals surface area contributed by atoms with Crippen molar-refractivity contribution in [3.05, 3.63) is 99.6 Å². The molecular formula is C25H15ClF2N2O3S. The Labute approximate surface area is 201 Å². The van der Waals surface area contributed by atoms with Crippen LogP contribution in [-0.2, 0) is 9.59 Å². The van der Waals surface area contributed by atoms with E-state index in [4.69, 9.17) is 11.6 Å². The Hall–Kier alpha value is -3.62. The third-order valence-electron chi connectivity index (χ3n) is 5.53. The fourth-order valence-electron chi connectivity index (χ4n) is 3.99. The van der Waals surface area contributed by atoms with Crippen molar-refractivity contribution in [2.45, 2.75) is 13.0 Å². The minimum absolute atomic E-state index is 0.0822. The molecule has 0 bridgehead atoms. The third-order valence-corrected chi connectivity index (χ3v) is 6.78. The fraction of sp³-hybridized carbons (Fsp3) is 0.0800. The topological polar surface area (TPSA) is 70.5 Å². The number of Topliss-reactive ketones (excluding diaryl/α,β-unsaturated/α-hetero) is 1. The first-order valence-electron chi connectivity index (χ1n) is 10.1. The van der Waals surface area contributed by atoms with Gasteiger partial charge in [0.1, 0.15) is 5.76 Å². The molecular weight excluding hydrogens is 482 g/mol. The van der Waals surface area contributed by atoms with E-state index in [2.05, 4.69) is 4.98 Å². The molecule has 1 fully saturated rings. The summed E-state index contributed by atoms with van der Waals surface area (Å²) in [5.74, 6) is -4.30. The summed E-state index contributed by atoms with van der Waals surface area (Å²) in [5, 5.41) is 11.5. The number of benzene rings is 3. The van der Waals surface area contributed by atoms with Gasteiger partial charge in [0.15, 0.2) is 16.8 Å². The van der Waals surface area contributed by atoms with Gasteiger partial charge in [0, 0.05) is 16.7 Å². The minimum atomic E-state index is -1.07. The predicted molar refractivity (Wildman–Crippen MR) is 127 cm³/mol. The van der Waals surface area contributed by atoms with Gasteiger partial charge < -0.3 is 5.11 Å². The predicted octanol–water partition coefficient (Wildman–Crippen LogP) is 6.16. The number of aromatic nitrogens is 1. The zero-order valence-corrected chi connectivity index (χ0v) is 19.1. The van der Waals surface area contributed by atoms with Crippen LogP contribution in [0.25, 0.3) is 16.0 Å². The number of aryl methyl sites for hydroxylation is 1. The standard InChI is InChI=1S/C25H15ClF2N2O3S/c1-12-4-2-5-13(8-12)21-20(22(31)14-6-3-7-15(26)9-14)23(32)24(33)30(21)25-29-18-10-16(27)17(28)11-19(18)34-25/h2-11,21,31H,1H3/b22-20+. The van der Waals surface area contributed by atoms with Gasteiger partial charge in [-0.1, -0.05) is 64.9 Å². The number of rotatable bonds is 3. The van der Waals surface area contributed by atoms with Gasteiger partial charge in [0.05, 0.1) is 21.8 Å². The van der Waals surface area contributed by atoms with Crippen molar-refractivity contribution in [2.24, 2.45) is 0 Å². The van der Waals surface area contributed by atoms with Gasteiger partial charge in [0.2, 0.25) is 0 Å². The molecule has 1 aliphatic heterocycles. The van der Waals surface area contributed by atoms with Crippen LogP contribution < -0.4 is 4.90 Å². The largest absolute Gasteiger partial charge is 0.507 e. The van der Waals surface area contributed by atoms with Crippen LogP contribution in [-0.4, -0.2) is 21.8 Å². The van der Waals surface area contributed by atoms with E-state index >= 15 is 0 Å². The van der Waals surface area contributed by atoms with Crippen LogP contribution in [0.15, 0.2) is 66.2 Å². The molecule has 1 amide bonds. The highest BCUT2D eigenvalue weighted by molar-refractivity contribution is 7.22. The van der Waals surface area contributed by atoms with Crippen LogP contribution >= 0.6 is 22.9 Å². The Morgan fingerprint density at radius 2 is 1.79 bits per heavy atom. The number of thiazole rings is 1. The van der Waals surface area contributed by atoms with Gasteiger partial charge in [-0.2, -0.15) is 0 Å². The molecule has 0 aliphatic carbocycles. The number of ketones is 1. The van der Waals surface area contributed by atoms with Crippen molar-refractivity contribution in [1.29, 1.82) is 0 Å². The number of amides is 1. The molecule has 4 aromatic rings. The van der Waals surface area contributed by atoms with Crippen LogP contribution in [0.4, 0.5) is 13.9 Å². The Kier molecular flexibility index (Phi) is 5.42. The van der Waals surface area contributed by atoms with E-state index in [1.54, 1.807) is 36.4 Å². The summed E-state index contributed by atoms with van der Waals surface area (Å²) < 4.78 is 27.8. The lowest BCUT2D eigenvalue weighted by Crippen LogP contribution is -2.29. The van der Waals surface area contributed by atoms with E-state index in [1.807, 2.05) is 13.0 Å². The highest BCUT2D eigenvalue weighted by Gasteiger charge is 2.48. The first-order chi connectivity index (χ1) is 16.2. The molecule has 5 rings (SSSR count). The van der Waals surface area contributed by atoms with Crippen LogP contribution in [0.2, 0.25) is 5.02 Å². The number of halogens is 3. The van der Waals surface area contributed by atoms with Gasteiger partial charge in [0.25, 0.3) is 5.78 Å². The Bertz CT molecular complexity index is 1490. The first-order valence-corrected chi connectivity index (χ1v) is 11.3. The molecule has 1 aliphatic rings. The van der Waals surface area contributed by atoms with Gasteiger partial charge >= 0.3 is 5.91 Å². The van der Waals surface area contributed by atoms with Crippen molar-refractivity contribution in [3.63, 3.8) is 0 Å². The molecule has 1 unspecified atom stereocenters. The van der Waals surface area contributed by atoms with Crippen molar-refractivity contribution < 1.29 is 23.5 Å². The first kappa shape index (κ1) is 22.2. The molecule has 1 saturated heterocycles. The van der Waals surface area contributed by atoms with Crippen LogP contribution in [0.5, 0.6) is 0 Å². The molecule has 1 atom stereocenters. The number of nitrogens with zero attached hydrogens (tertiary/aromatic N) is 2. The maximum Gasteiger partial charge on any atom is 0.301 e. The number of aliphatic hydroxyl groups excluding tert-OH is 1. The van der Waals surface area contributed by atoms with Gasteiger partial charge in [-0.25, -0.2) is 13.8 Å². The molecule has 1 aromatic heterocycles. The van der Waals surface area contributed by atoms with E-state index in [0.717, 1.165) is 33.9 Å². The Morgan fingerprint density at radius 1 is 1.06 bits per heavy atom. The van der Waals surface area contributed by atoms with E-state index in [1.165, 1.54) is 6.07 Å². The van der Waals surface area contributed by atoms with Crippen LogP contribution in [0.3, 0.4) is 0 Å². The minimum Gasteiger partial charge on any atom is -0.507 e. The average Bonchev–Trinajstić information content (AvgIpc) is 3.31. The second kappa shape index (κ2) is 8.30. The average molecular weight is 497 g/mol. The molecule has 1 N–H and O–H groups in total. The number of fused-ring (bicyclic) bond motifs is 1. The Morgan fingerprint density at radius 3 is 2.53 bits per heavy atom. The van der Waals surface area contributed by atoms with E-state index in [-0.39, 0.29) is 27.5 Å². The highest BCUT2D eigenvalue weighted by atomic mass is 35.5. The summed E-state index contributed by atoms with van der Waals surface area (Å²) in [7, 11) is 0. The number of carbonyl (C=O) groups is 2. The maximum absolute atomic E-state index is 13.8. The molecule has 3 aromatic carbocycles. The number of hydrogen-bond acceptors (Lipinski definition) is 5. The monoisotopic (exact) mass is 496 g/mol. The SMILES string of the molecule is Cc1cccc(C2/C(=C(\O)c3cccc(Cl)c3)C(=O)C(=O)N2c2nc3cc(F)c(F)cc3s2)c1. The number of anilines is 1. The van der Waals surface area contributed by atoms with Crippen molar-refractivity contribution in [1.82, 2.24) is 4.98 Å². The normalized spacial score (nSPS) is 17.6. The number of carbonyl (C=O) groups excluding carboxylic acids is 2. The van der Waals surface area contributed by atoms with Gasteiger partial charge in [-0.05, 0) is 30.7 Å². The molecule has 9 heteroatoms. The van der Waals surface area contributed by atoms with E-state index in [0.29, 0.717) is 15.3 Å². The van der Waals surface area contributed by atoms with Crippen molar-refractivity contribution >= 4 is 55.7 Å². The smallest absolute Gasteiger partial charge is 0.301 e. The molecule has 0 spiro atoms. The summed E-state index contributed by atoms with van der Waals surface area (Å²) >= 11 is 7.01. The molecule has 0 radical (unpaired) electrons. The molecule has 5 nitrogen and oxygen atoms in total. The van der Waals surface area contributed by atoms with Gasteiger partial charge in [-0.15, -0.1) is 0 Å². The van der Waals surface area contributed by atoms with Crippen LogP contribution in [0, 0.1) is 18.6 Å². The number of hydrogen-bond donors (Lipinski definition) is 1. The summed E-state index contributed by atoms with van der Waals surface area (Å²) in [6.45, 7) is 1.86. The molecule has 2 heterocycles. The molecule has 34 heavy (non-hydrogen) atoms. The second-order valence-corrected chi connectivity index (χ2v) is 9.27.